The molecule has 26 heavy (non-hydrogen) atoms. The Bertz CT molecular complexity index is 859. The number of hydrogen-bond acceptors (Lipinski definition) is 4. The number of hydrogen-bond donors (Lipinski definition) is 1. The van der Waals surface area contributed by atoms with Gasteiger partial charge in [0.15, 0.2) is 0 Å². The van der Waals surface area contributed by atoms with Gasteiger partial charge in [0.25, 0.3) is 5.56 Å². The second-order valence-corrected chi connectivity index (χ2v) is 7.29. The van der Waals surface area contributed by atoms with Crippen molar-refractivity contribution in [1.29, 1.82) is 0 Å². The van der Waals surface area contributed by atoms with Crippen LogP contribution in [0.25, 0.3) is 0 Å². The molecule has 136 valence electrons. The maximum atomic E-state index is 11.8. The molecule has 2 saturated heterocycles. The second-order valence-electron chi connectivity index (χ2n) is 7.29. The van der Waals surface area contributed by atoms with Crippen molar-refractivity contribution >= 4 is 11.6 Å². The number of nitrogens with zero attached hydrogens (tertiary/aromatic N) is 3. The van der Waals surface area contributed by atoms with Gasteiger partial charge in [-0.2, -0.15) is 0 Å². The van der Waals surface area contributed by atoms with Gasteiger partial charge in [-0.25, -0.2) is 4.98 Å². The van der Waals surface area contributed by atoms with E-state index >= 15 is 0 Å². The molecular weight excluding hydrogens is 328 g/mol. The standard InChI is InChI=1S/C20H24N4O2/c1-14-21-18(11-19(25)22-14)16-8-10-23(13-16)12-15-4-6-17(7-5-15)24-9-2-3-20(24)26/h4-7,11,16H,2-3,8-10,12-13H2,1H3,(H,21,22,25)/t16-/m0/s1. The van der Waals surface area contributed by atoms with Gasteiger partial charge < -0.3 is 9.88 Å². The lowest BCUT2D eigenvalue weighted by Crippen LogP contribution is -2.24. The van der Waals surface area contributed by atoms with E-state index in [1.807, 2.05) is 24.0 Å². The van der Waals surface area contributed by atoms with Crippen LogP contribution in [0.4, 0.5) is 5.69 Å². The molecule has 6 nitrogen and oxygen atoms in total. The minimum atomic E-state index is -0.0713. The number of amides is 1. The number of carbonyl (C=O) groups is 1. The fourth-order valence-corrected chi connectivity index (χ4v) is 3.99. The minimum Gasteiger partial charge on any atom is -0.312 e. The van der Waals surface area contributed by atoms with Crippen molar-refractivity contribution in [3.63, 3.8) is 0 Å². The van der Waals surface area contributed by atoms with Crippen LogP contribution < -0.4 is 10.5 Å². The normalized spacial score (nSPS) is 20.9. The zero-order valence-electron chi connectivity index (χ0n) is 15.1. The lowest BCUT2D eigenvalue weighted by molar-refractivity contribution is -0.117. The van der Waals surface area contributed by atoms with Gasteiger partial charge in [-0.3, -0.25) is 14.5 Å². The fraction of sp³-hybridized carbons (Fsp3) is 0.450. The predicted molar refractivity (Wildman–Crippen MR) is 100 cm³/mol. The molecule has 1 aromatic heterocycles. The van der Waals surface area contributed by atoms with Gasteiger partial charge in [-0.15, -0.1) is 0 Å². The summed E-state index contributed by atoms with van der Waals surface area (Å²) >= 11 is 0. The molecule has 2 aliphatic heterocycles. The average Bonchev–Trinajstić information content (AvgIpc) is 3.24. The molecular formula is C20H24N4O2. The quantitative estimate of drug-likeness (QED) is 0.916. The first-order valence-electron chi connectivity index (χ1n) is 9.28. The molecule has 2 aromatic rings. The first-order valence-corrected chi connectivity index (χ1v) is 9.28. The van der Waals surface area contributed by atoms with Crippen LogP contribution in [0.2, 0.25) is 0 Å². The zero-order valence-corrected chi connectivity index (χ0v) is 15.1. The third kappa shape index (κ3) is 3.55. The van der Waals surface area contributed by atoms with E-state index in [9.17, 15) is 9.59 Å². The summed E-state index contributed by atoms with van der Waals surface area (Å²) in [5.41, 5.74) is 3.07. The summed E-state index contributed by atoms with van der Waals surface area (Å²) in [6.45, 7) is 5.46. The Morgan fingerprint density at radius 2 is 2.00 bits per heavy atom. The van der Waals surface area contributed by atoms with Crippen LogP contribution in [0, 0.1) is 6.92 Å². The van der Waals surface area contributed by atoms with E-state index in [0.717, 1.165) is 50.4 Å². The monoisotopic (exact) mass is 352 g/mol. The first kappa shape index (κ1) is 17.0. The van der Waals surface area contributed by atoms with Crippen LogP contribution >= 0.6 is 0 Å². The van der Waals surface area contributed by atoms with Crippen molar-refractivity contribution < 1.29 is 4.79 Å². The number of anilines is 1. The first-order chi connectivity index (χ1) is 12.6. The van der Waals surface area contributed by atoms with E-state index in [1.54, 1.807) is 6.07 Å². The number of H-pyrrole nitrogens is 1. The topological polar surface area (TPSA) is 69.3 Å². The number of rotatable bonds is 4. The molecule has 3 heterocycles. The number of likely N-dealkylation sites (tertiary alicyclic amines) is 1. The molecule has 0 spiro atoms. The number of benzene rings is 1. The maximum Gasteiger partial charge on any atom is 0.251 e. The van der Waals surface area contributed by atoms with Crippen molar-refractivity contribution in [2.75, 3.05) is 24.5 Å². The Hall–Kier alpha value is -2.47. The van der Waals surface area contributed by atoms with E-state index in [2.05, 4.69) is 27.0 Å². The molecule has 1 atom stereocenters. The molecule has 0 aliphatic carbocycles. The Morgan fingerprint density at radius 1 is 1.19 bits per heavy atom. The molecule has 2 fully saturated rings. The Balaban J connectivity index is 1.39. The van der Waals surface area contributed by atoms with Gasteiger partial charge in [0.2, 0.25) is 5.91 Å². The number of nitrogens with one attached hydrogen (secondary N) is 1. The Labute approximate surface area is 152 Å². The van der Waals surface area contributed by atoms with Gasteiger partial charge >= 0.3 is 0 Å². The molecule has 0 saturated carbocycles. The second kappa shape index (κ2) is 7.03. The largest absolute Gasteiger partial charge is 0.312 e. The molecule has 1 amide bonds. The van der Waals surface area contributed by atoms with Crippen molar-refractivity contribution in [2.45, 2.75) is 38.6 Å². The molecule has 4 rings (SSSR count). The summed E-state index contributed by atoms with van der Waals surface area (Å²) in [6, 6.07) is 9.96. The highest BCUT2D eigenvalue weighted by molar-refractivity contribution is 5.95. The number of carbonyl (C=O) groups excluding carboxylic acids is 1. The predicted octanol–water partition coefficient (Wildman–Crippen LogP) is 2.19. The van der Waals surface area contributed by atoms with E-state index in [1.165, 1.54) is 5.56 Å². The van der Waals surface area contributed by atoms with E-state index in [4.69, 9.17) is 0 Å². The fourth-order valence-electron chi connectivity index (χ4n) is 3.99. The van der Waals surface area contributed by atoms with Crippen molar-refractivity contribution in [1.82, 2.24) is 14.9 Å². The summed E-state index contributed by atoms with van der Waals surface area (Å²) in [4.78, 5) is 35.0. The highest BCUT2D eigenvalue weighted by atomic mass is 16.2. The van der Waals surface area contributed by atoms with Crippen LogP contribution in [0.3, 0.4) is 0 Å². The summed E-state index contributed by atoms with van der Waals surface area (Å²) in [7, 11) is 0. The summed E-state index contributed by atoms with van der Waals surface area (Å²) in [5, 5.41) is 0. The van der Waals surface area contributed by atoms with E-state index in [0.29, 0.717) is 18.2 Å². The Kier molecular flexibility index (Phi) is 4.59. The molecule has 0 unspecified atom stereocenters. The van der Waals surface area contributed by atoms with Crippen molar-refractivity contribution in [3.05, 3.63) is 57.8 Å². The molecule has 0 bridgehead atoms. The molecule has 0 radical (unpaired) electrons. The average molecular weight is 352 g/mol. The van der Waals surface area contributed by atoms with Gasteiger partial charge in [0.1, 0.15) is 5.82 Å². The summed E-state index contributed by atoms with van der Waals surface area (Å²) in [5.74, 6) is 1.22. The van der Waals surface area contributed by atoms with E-state index < -0.39 is 0 Å². The van der Waals surface area contributed by atoms with Crippen molar-refractivity contribution in [2.24, 2.45) is 0 Å². The lowest BCUT2D eigenvalue weighted by Gasteiger charge is -2.18. The summed E-state index contributed by atoms with van der Waals surface area (Å²) < 4.78 is 0. The number of aromatic amines is 1. The van der Waals surface area contributed by atoms with Crippen LogP contribution in [0.5, 0.6) is 0 Å². The van der Waals surface area contributed by atoms with Gasteiger partial charge in [-0.1, -0.05) is 12.1 Å². The molecule has 6 heteroatoms. The highest BCUT2D eigenvalue weighted by Gasteiger charge is 2.26. The minimum absolute atomic E-state index is 0.0713. The van der Waals surface area contributed by atoms with Crippen molar-refractivity contribution in [3.8, 4) is 0 Å². The smallest absolute Gasteiger partial charge is 0.251 e. The van der Waals surface area contributed by atoms with Gasteiger partial charge in [-0.05, 0) is 44.0 Å². The zero-order chi connectivity index (χ0) is 18.1. The molecule has 2 aliphatic rings. The SMILES string of the molecule is Cc1nc([C@H]2CCN(Cc3ccc(N4CCCC4=O)cc3)C2)cc(=O)[nH]1. The van der Waals surface area contributed by atoms with Crippen LogP contribution in [0.1, 0.15) is 42.3 Å². The Morgan fingerprint density at radius 3 is 2.69 bits per heavy atom. The lowest BCUT2D eigenvalue weighted by atomic mass is 10.0. The summed E-state index contributed by atoms with van der Waals surface area (Å²) in [6.07, 6.45) is 2.63. The van der Waals surface area contributed by atoms with Gasteiger partial charge in [0, 0.05) is 43.7 Å². The third-order valence-electron chi connectivity index (χ3n) is 5.30. The van der Waals surface area contributed by atoms with Crippen LogP contribution in [-0.2, 0) is 11.3 Å². The molecule has 1 N–H and O–H groups in total. The maximum absolute atomic E-state index is 11.8. The van der Waals surface area contributed by atoms with Crippen LogP contribution in [-0.4, -0.2) is 40.4 Å². The number of aryl methyl sites for hydroxylation is 1. The third-order valence-corrected chi connectivity index (χ3v) is 5.30. The highest BCUT2D eigenvalue weighted by Crippen LogP contribution is 2.27. The molecule has 1 aromatic carbocycles. The van der Waals surface area contributed by atoms with Gasteiger partial charge in [0.05, 0.1) is 5.69 Å². The van der Waals surface area contributed by atoms with E-state index in [-0.39, 0.29) is 11.5 Å². The van der Waals surface area contributed by atoms with Crippen LogP contribution in [0.15, 0.2) is 35.1 Å². The number of aromatic nitrogens is 2.